The number of rotatable bonds is 6. The Kier molecular flexibility index (Phi) is 8.08. The van der Waals surface area contributed by atoms with Crippen molar-refractivity contribution in [3.63, 3.8) is 0 Å². The standard InChI is InChI=1S/C30H46O8/c1-15(2)14-22(33)37-26-25(35-18(5)31)17(4)34-28(27(26)36-19(6)32)38-30(9)13-12-21-24(29(21,7)8)23-16(3)10-11-20(23)30/h14,16-17,20-21,23-28H,10-13H2,1-9H3/t16-,17-,20+,21-,23-,24-,25+,26+,27-,28+,30+/m1/s1. The number of carbonyl (C=O) groups excluding carboxylic acids is 3. The van der Waals surface area contributed by atoms with Crippen molar-refractivity contribution >= 4 is 17.9 Å². The minimum atomic E-state index is -1.09. The van der Waals surface area contributed by atoms with Crippen LogP contribution in [-0.2, 0) is 38.1 Å². The molecule has 11 atom stereocenters. The lowest BCUT2D eigenvalue weighted by Crippen LogP contribution is -2.63. The number of hydrogen-bond acceptors (Lipinski definition) is 8. The lowest BCUT2D eigenvalue weighted by Gasteiger charge is -2.48. The Hall–Kier alpha value is -1.93. The average Bonchev–Trinajstić information content (AvgIpc) is 3.15. The van der Waals surface area contributed by atoms with E-state index in [0.717, 1.165) is 24.8 Å². The summed E-state index contributed by atoms with van der Waals surface area (Å²) < 4.78 is 30.2. The Morgan fingerprint density at radius 1 is 0.816 bits per heavy atom. The van der Waals surface area contributed by atoms with Gasteiger partial charge >= 0.3 is 17.9 Å². The molecule has 0 aromatic carbocycles. The molecule has 1 saturated heterocycles. The quantitative estimate of drug-likeness (QED) is 0.268. The molecule has 0 unspecified atom stereocenters. The van der Waals surface area contributed by atoms with Gasteiger partial charge in [-0.1, -0.05) is 32.8 Å². The van der Waals surface area contributed by atoms with Gasteiger partial charge in [0.2, 0.25) is 0 Å². The van der Waals surface area contributed by atoms with Crippen LogP contribution in [0.25, 0.3) is 0 Å². The highest BCUT2D eigenvalue weighted by atomic mass is 16.7. The lowest BCUT2D eigenvalue weighted by atomic mass is 9.74. The third kappa shape index (κ3) is 5.53. The van der Waals surface area contributed by atoms with Gasteiger partial charge in [0.25, 0.3) is 0 Å². The third-order valence-corrected chi connectivity index (χ3v) is 9.72. The zero-order chi connectivity index (χ0) is 28.2. The van der Waals surface area contributed by atoms with Crippen LogP contribution in [0.15, 0.2) is 11.6 Å². The van der Waals surface area contributed by atoms with Gasteiger partial charge < -0.3 is 23.7 Å². The summed E-state index contributed by atoms with van der Waals surface area (Å²) in [5.41, 5.74) is 0.620. The molecule has 8 heteroatoms. The zero-order valence-electron chi connectivity index (χ0n) is 24.4. The summed E-state index contributed by atoms with van der Waals surface area (Å²) in [4.78, 5) is 36.9. The first-order valence-corrected chi connectivity index (χ1v) is 14.2. The molecule has 38 heavy (non-hydrogen) atoms. The molecule has 0 bridgehead atoms. The normalized spacial score (nSPS) is 43.1. The molecule has 0 aromatic heterocycles. The van der Waals surface area contributed by atoms with Crippen LogP contribution in [0.1, 0.15) is 88.0 Å². The second kappa shape index (κ2) is 10.6. The first-order chi connectivity index (χ1) is 17.7. The van der Waals surface area contributed by atoms with E-state index in [4.69, 9.17) is 23.7 Å². The van der Waals surface area contributed by atoms with Crippen molar-refractivity contribution in [2.75, 3.05) is 0 Å². The predicted octanol–water partition coefficient (Wildman–Crippen LogP) is 4.98. The predicted molar refractivity (Wildman–Crippen MR) is 140 cm³/mol. The van der Waals surface area contributed by atoms with Crippen molar-refractivity contribution in [1.82, 2.24) is 0 Å². The Morgan fingerprint density at radius 2 is 1.45 bits per heavy atom. The monoisotopic (exact) mass is 534 g/mol. The smallest absolute Gasteiger partial charge is 0.331 e. The van der Waals surface area contributed by atoms with Crippen LogP contribution in [0.5, 0.6) is 0 Å². The summed E-state index contributed by atoms with van der Waals surface area (Å²) in [6.07, 6.45) is 0.792. The highest BCUT2D eigenvalue weighted by Crippen LogP contribution is 2.71. The van der Waals surface area contributed by atoms with Gasteiger partial charge in [0.1, 0.15) is 0 Å². The van der Waals surface area contributed by atoms with E-state index in [-0.39, 0.29) is 0 Å². The van der Waals surface area contributed by atoms with Gasteiger partial charge in [0.05, 0.1) is 11.7 Å². The Balaban J connectivity index is 1.65. The van der Waals surface area contributed by atoms with Crippen molar-refractivity contribution in [3.8, 4) is 0 Å². The van der Waals surface area contributed by atoms with Crippen molar-refractivity contribution in [2.24, 2.45) is 35.0 Å². The second-order valence-electron chi connectivity index (χ2n) is 13.1. The number of carbonyl (C=O) groups is 3. The van der Waals surface area contributed by atoms with Crippen LogP contribution < -0.4 is 0 Å². The summed E-state index contributed by atoms with van der Waals surface area (Å²) >= 11 is 0. The van der Waals surface area contributed by atoms with E-state index < -0.39 is 54.2 Å². The van der Waals surface area contributed by atoms with E-state index in [1.807, 2.05) is 0 Å². The van der Waals surface area contributed by atoms with Crippen molar-refractivity contribution in [1.29, 1.82) is 0 Å². The fraction of sp³-hybridized carbons (Fsp3) is 0.833. The molecule has 214 valence electrons. The first kappa shape index (κ1) is 29.1. The Morgan fingerprint density at radius 3 is 2.05 bits per heavy atom. The maximum atomic E-state index is 12.7. The van der Waals surface area contributed by atoms with E-state index in [1.54, 1.807) is 20.8 Å². The van der Waals surface area contributed by atoms with Crippen LogP contribution in [-0.4, -0.2) is 54.2 Å². The van der Waals surface area contributed by atoms with Gasteiger partial charge in [-0.05, 0) is 82.0 Å². The summed E-state index contributed by atoms with van der Waals surface area (Å²) in [6.45, 7) is 17.2. The molecule has 4 fully saturated rings. The van der Waals surface area contributed by atoms with Gasteiger partial charge in [-0.2, -0.15) is 0 Å². The Labute approximate surface area is 227 Å². The van der Waals surface area contributed by atoms with E-state index in [2.05, 4.69) is 27.7 Å². The molecular weight excluding hydrogens is 488 g/mol. The van der Waals surface area contributed by atoms with E-state index in [1.165, 1.54) is 26.3 Å². The number of fused-ring (bicyclic) bond motifs is 3. The van der Waals surface area contributed by atoms with Gasteiger partial charge in [-0.15, -0.1) is 0 Å². The number of esters is 3. The summed E-state index contributed by atoms with van der Waals surface area (Å²) in [5.74, 6) is 1.20. The molecule has 8 nitrogen and oxygen atoms in total. The zero-order valence-corrected chi connectivity index (χ0v) is 24.4. The highest BCUT2D eigenvalue weighted by molar-refractivity contribution is 5.83. The fourth-order valence-electron chi connectivity index (χ4n) is 7.96. The molecule has 0 amide bonds. The number of allylic oxidation sites excluding steroid dienone is 1. The van der Waals surface area contributed by atoms with Gasteiger partial charge in [0.15, 0.2) is 24.6 Å². The van der Waals surface area contributed by atoms with Crippen LogP contribution in [0.2, 0.25) is 0 Å². The molecule has 3 saturated carbocycles. The topological polar surface area (TPSA) is 97.4 Å². The molecule has 4 rings (SSSR count). The molecule has 1 heterocycles. The fourth-order valence-corrected chi connectivity index (χ4v) is 7.96. The van der Waals surface area contributed by atoms with Crippen LogP contribution in [0, 0.1) is 35.0 Å². The highest BCUT2D eigenvalue weighted by Gasteiger charge is 2.67. The van der Waals surface area contributed by atoms with Crippen LogP contribution in [0.4, 0.5) is 0 Å². The van der Waals surface area contributed by atoms with E-state index >= 15 is 0 Å². The molecule has 1 aliphatic heterocycles. The van der Waals surface area contributed by atoms with Gasteiger partial charge in [0, 0.05) is 19.9 Å². The minimum absolute atomic E-state index is 0.351. The van der Waals surface area contributed by atoms with Crippen molar-refractivity contribution in [2.45, 2.75) is 124 Å². The summed E-state index contributed by atoms with van der Waals surface area (Å²) in [5, 5.41) is 0. The SMILES string of the molecule is CC(=O)O[C@@H]1[C@H](OC(=O)C=C(C)C)[C@@H](OC(C)=O)[C@H](O[C@@]2(C)CC[C@@H]3[C@H]([C@@H]4[C@H](C)CC[C@@H]42)C3(C)C)O[C@@H]1C. The molecule has 0 spiro atoms. The largest absolute Gasteiger partial charge is 0.456 e. The average molecular weight is 535 g/mol. The lowest BCUT2D eigenvalue weighted by molar-refractivity contribution is -0.330. The van der Waals surface area contributed by atoms with Gasteiger partial charge in [-0.25, -0.2) is 4.79 Å². The molecule has 3 aliphatic carbocycles. The number of hydrogen-bond donors (Lipinski definition) is 0. The van der Waals surface area contributed by atoms with Crippen molar-refractivity contribution < 1.29 is 38.1 Å². The summed E-state index contributed by atoms with van der Waals surface area (Å²) in [7, 11) is 0. The van der Waals surface area contributed by atoms with Crippen LogP contribution in [0.3, 0.4) is 0 Å². The third-order valence-electron chi connectivity index (χ3n) is 9.72. The van der Waals surface area contributed by atoms with Gasteiger partial charge in [-0.3, -0.25) is 9.59 Å². The van der Waals surface area contributed by atoms with Crippen molar-refractivity contribution in [3.05, 3.63) is 11.6 Å². The molecule has 0 aromatic rings. The van der Waals surface area contributed by atoms with E-state index in [9.17, 15) is 14.4 Å². The Bertz CT molecular complexity index is 967. The molecule has 4 aliphatic rings. The molecular formula is C30H46O8. The maximum absolute atomic E-state index is 12.7. The first-order valence-electron chi connectivity index (χ1n) is 14.2. The second-order valence-corrected chi connectivity index (χ2v) is 13.1. The van der Waals surface area contributed by atoms with E-state index in [0.29, 0.717) is 35.0 Å². The maximum Gasteiger partial charge on any atom is 0.331 e. The summed E-state index contributed by atoms with van der Waals surface area (Å²) in [6, 6.07) is 0. The molecule has 0 radical (unpaired) electrons. The minimum Gasteiger partial charge on any atom is -0.456 e. The van der Waals surface area contributed by atoms with Crippen LogP contribution >= 0.6 is 0 Å². The molecule has 0 N–H and O–H groups in total. The number of ether oxygens (including phenoxy) is 5.